The van der Waals surface area contributed by atoms with Gasteiger partial charge in [-0.3, -0.25) is 14.6 Å². The maximum absolute atomic E-state index is 12.8. The van der Waals surface area contributed by atoms with Crippen LogP contribution in [0.15, 0.2) is 41.1 Å². The number of hydrogen-bond donors (Lipinski definition) is 3. The molecule has 1 heterocycles. The molecule has 31 heavy (non-hydrogen) atoms. The highest BCUT2D eigenvalue weighted by Gasteiger charge is 2.31. The van der Waals surface area contributed by atoms with E-state index < -0.39 is 0 Å². The van der Waals surface area contributed by atoms with E-state index in [1.165, 1.54) is 12.1 Å². The average Bonchev–Trinajstić information content (AvgIpc) is 2.61. The van der Waals surface area contributed by atoms with Crippen molar-refractivity contribution in [2.75, 3.05) is 13.1 Å². The number of nitrogens with one attached hydrogen (secondary N) is 1. The second-order valence-corrected chi connectivity index (χ2v) is 9.20. The Balaban J connectivity index is 2.15. The standard InChI is InChI=1S/C23H31ClN4O3/c1-7-20(30)28-11-16(12-28)27-22(31)21(13(2)25)14(3)26-10-15-8-17(23(4,5)6)18(24)9-19(15)29/h7-9,16,29H,1,10-12,25H2,2-6H3,(H,27,31). The Morgan fingerprint density at radius 3 is 2.48 bits per heavy atom. The topological polar surface area (TPSA) is 108 Å². The van der Waals surface area contributed by atoms with Crippen LogP contribution in [0, 0.1) is 0 Å². The third kappa shape index (κ3) is 5.88. The van der Waals surface area contributed by atoms with Gasteiger partial charge in [-0.05, 0) is 43.0 Å². The number of carbonyl (C=O) groups excluding carboxylic acids is 2. The predicted octanol–water partition coefficient (Wildman–Crippen LogP) is 3.05. The van der Waals surface area contributed by atoms with Crippen molar-refractivity contribution in [1.29, 1.82) is 0 Å². The van der Waals surface area contributed by atoms with Gasteiger partial charge >= 0.3 is 0 Å². The monoisotopic (exact) mass is 446 g/mol. The van der Waals surface area contributed by atoms with Crippen LogP contribution in [0.5, 0.6) is 5.75 Å². The summed E-state index contributed by atoms with van der Waals surface area (Å²) >= 11 is 6.29. The van der Waals surface area contributed by atoms with Gasteiger partial charge in [-0.25, -0.2) is 0 Å². The van der Waals surface area contributed by atoms with Crippen molar-refractivity contribution < 1.29 is 14.7 Å². The molecule has 1 aromatic carbocycles. The minimum Gasteiger partial charge on any atom is -0.508 e. The van der Waals surface area contributed by atoms with Crippen LogP contribution < -0.4 is 11.1 Å². The molecule has 7 nitrogen and oxygen atoms in total. The first-order valence-corrected chi connectivity index (χ1v) is 10.4. The fraction of sp³-hybridized carbons (Fsp3) is 0.435. The van der Waals surface area contributed by atoms with Crippen LogP contribution in [-0.2, 0) is 21.5 Å². The summed E-state index contributed by atoms with van der Waals surface area (Å²) < 4.78 is 0. The molecule has 0 aromatic heterocycles. The van der Waals surface area contributed by atoms with E-state index in [-0.39, 0.29) is 41.1 Å². The van der Waals surface area contributed by atoms with E-state index in [2.05, 4.69) is 16.9 Å². The van der Waals surface area contributed by atoms with Gasteiger partial charge in [-0.2, -0.15) is 0 Å². The lowest BCUT2D eigenvalue weighted by Gasteiger charge is -2.39. The molecule has 2 amide bonds. The number of aromatic hydroxyl groups is 1. The largest absolute Gasteiger partial charge is 0.508 e. The van der Waals surface area contributed by atoms with Crippen molar-refractivity contribution in [3.8, 4) is 5.75 Å². The Morgan fingerprint density at radius 1 is 1.35 bits per heavy atom. The summed E-state index contributed by atoms with van der Waals surface area (Å²) in [6, 6.07) is 3.22. The summed E-state index contributed by atoms with van der Waals surface area (Å²) in [4.78, 5) is 30.4. The van der Waals surface area contributed by atoms with Crippen LogP contribution in [0.4, 0.5) is 0 Å². The highest BCUT2D eigenvalue weighted by Crippen LogP contribution is 2.34. The molecular weight excluding hydrogens is 416 g/mol. The van der Waals surface area contributed by atoms with E-state index in [1.54, 1.807) is 18.7 Å². The molecule has 0 atom stereocenters. The number of amides is 2. The number of nitrogens with two attached hydrogens (primary N) is 1. The summed E-state index contributed by atoms with van der Waals surface area (Å²) in [7, 11) is 0. The zero-order chi connectivity index (χ0) is 23.5. The molecule has 0 unspecified atom stereocenters. The molecule has 0 bridgehead atoms. The lowest BCUT2D eigenvalue weighted by Crippen LogP contribution is -2.61. The number of aliphatic imine (C=N–C) groups is 1. The number of allylic oxidation sites excluding steroid dienone is 1. The molecule has 168 valence electrons. The van der Waals surface area contributed by atoms with Gasteiger partial charge in [0.15, 0.2) is 0 Å². The molecule has 2 rings (SSSR count). The summed E-state index contributed by atoms with van der Waals surface area (Å²) in [6.07, 6.45) is 1.25. The predicted molar refractivity (Wildman–Crippen MR) is 124 cm³/mol. The van der Waals surface area contributed by atoms with Gasteiger partial charge in [0.1, 0.15) is 5.75 Å². The third-order valence-electron chi connectivity index (χ3n) is 5.15. The first-order valence-electron chi connectivity index (χ1n) is 10.1. The third-order valence-corrected chi connectivity index (χ3v) is 5.46. The number of halogens is 1. The zero-order valence-corrected chi connectivity index (χ0v) is 19.5. The number of carbonyl (C=O) groups is 2. The number of benzene rings is 1. The summed E-state index contributed by atoms with van der Waals surface area (Å²) in [6.45, 7) is 13.9. The van der Waals surface area contributed by atoms with Gasteiger partial charge in [0.05, 0.1) is 18.2 Å². The van der Waals surface area contributed by atoms with E-state index in [0.29, 0.717) is 35.1 Å². The molecular formula is C23H31ClN4O3. The minimum atomic E-state index is -0.340. The van der Waals surface area contributed by atoms with Crippen LogP contribution in [0.2, 0.25) is 5.02 Å². The van der Waals surface area contributed by atoms with Crippen LogP contribution in [0.1, 0.15) is 45.7 Å². The zero-order valence-electron chi connectivity index (χ0n) is 18.8. The van der Waals surface area contributed by atoms with Crippen LogP contribution >= 0.6 is 11.6 Å². The summed E-state index contributed by atoms with van der Waals surface area (Å²) in [5.74, 6) is -0.450. The van der Waals surface area contributed by atoms with E-state index >= 15 is 0 Å². The Morgan fingerprint density at radius 2 is 1.97 bits per heavy atom. The second-order valence-electron chi connectivity index (χ2n) is 8.79. The molecule has 1 saturated heterocycles. The summed E-state index contributed by atoms with van der Waals surface area (Å²) in [5.41, 5.74) is 8.38. The Bertz CT molecular complexity index is 950. The quantitative estimate of drug-likeness (QED) is 0.461. The first-order chi connectivity index (χ1) is 14.3. The minimum absolute atomic E-state index is 0.0513. The number of likely N-dealkylation sites (tertiary alicyclic amines) is 1. The van der Waals surface area contributed by atoms with Gasteiger partial charge in [0.2, 0.25) is 5.91 Å². The van der Waals surface area contributed by atoms with Crippen molar-refractivity contribution in [2.24, 2.45) is 10.7 Å². The number of hydrogen-bond acceptors (Lipinski definition) is 5. The fourth-order valence-corrected chi connectivity index (χ4v) is 3.80. The molecule has 1 aliphatic heterocycles. The molecule has 4 N–H and O–H groups in total. The van der Waals surface area contributed by atoms with Crippen molar-refractivity contribution in [3.05, 3.63) is 52.2 Å². The molecule has 1 fully saturated rings. The second kappa shape index (κ2) is 9.56. The summed E-state index contributed by atoms with van der Waals surface area (Å²) in [5, 5.41) is 13.7. The van der Waals surface area contributed by atoms with Crippen LogP contribution in [-0.4, -0.2) is 46.7 Å². The Kier molecular flexibility index (Phi) is 7.54. The molecule has 8 heteroatoms. The van der Waals surface area contributed by atoms with Gasteiger partial charge in [0, 0.05) is 35.1 Å². The molecule has 0 spiro atoms. The smallest absolute Gasteiger partial charge is 0.255 e. The number of nitrogens with zero attached hydrogens (tertiary/aromatic N) is 2. The lowest BCUT2D eigenvalue weighted by molar-refractivity contribution is -0.132. The molecule has 0 saturated carbocycles. The van der Waals surface area contributed by atoms with Gasteiger partial charge < -0.3 is 21.1 Å². The lowest BCUT2D eigenvalue weighted by atomic mass is 9.86. The maximum atomic E-state index is 12.8. The molecule has 0 radical (unpaired) electrons. The van der Waals surface area contributed by atoms with Crippen LogP contribution in [0.25, 0.3) is 0 Å². The van der Waals surface area contributed by atoms with E-state index in [0.717, 1.165) is 5.56 Å². The highest BCUT2D eigenvalue weighted by atomic mass is 35.5. The molecule has 1 aromatic rings. The van der Waals surface area contributed by atoms with Gasteiger partial charge in [0.25, 0.3) is 5.91 Å². The van der Waals surface area contributed by atoms with E-state index in [9.17, 15) is 14.7 Å². The molecule has 0 aliphatic carbocycles. The SMILES string of the molecule is C=CC(=O)N1CC(NC(=O)C(C(C)=NCc2cc(C(C)(C)C)c(Cl)cc2O)=C(C)N)C1. The maximum Gasteiger partial charge on any atom is 0.255 e. The fourth-order valence-electron chi connectivity index (χ4n) is 3.36. The Labute approximate surface area is 188 Å². The highest BCUT2D eigenvalue weighted by molar-refractivity contribution is 6.31. The number of phenolic OH excluding ortho intramolecular Hbond substituents is 1. The first kappa shape index (κ1) is 24.5. The number of phenols is 1. The van der Waals surface area contributed by atoms with Crippen LogP contribution in [0.3, 0.4) is 0 Å². The normalized spacial score (nSPS) is 15.8. The van der Waals surface area contributed by atoms with E-state index in [1.807, 2.05) is 26.8 Å². The van der Waals surface area contributed by atoms with Crippen molar-refractivity contribution in [3.63, 3.8) is 0 Å². The number of rotatable bonds is 6. The Hall–Kier alpha value is -2.80. The van der Waals surface area contributed by atoms with Crippen molar-refractivity contribution >= 4 is 29.1 Å². The average molecular weight is 447 g/mol. The van der Waals surface area contributed by atoms with Gasteiger partial charge in [-0.15, -0.1) is 0 Å². The van der Waals surface area contributed by atoms with E-state index in [4.69, 9.17) is 17.3 Å². The van der Waals surface area contributed by atoms with Gasteiger partial charge in [-0.1, -0.05) is 39.0 Å². The van der Waals surface area contributed by atoms with Crippen molar-refractivity contribution in [1.82, 2.24) is 10.2 Å². The van der Waals surface area contributed by atoms with Crippen molar-refractivity contribution in [2.45, 2.75) is 52.6 Å². The molecule has 1 aliphatic rings.